The summed E-state index contributed by atoms with van der Waals surface area (Å²) in [6.45, 7) is 2.33. The van der Waals surface area contributed by atoms with Crippen molar-refractivity contribution in [3.05, 3.63) is 29.6 Å². The summed E-state index contributed by atoms with van der Waals surface area (Å²) in [7, 11) is 1.85. The molecular formula is C15H19N3O3. The summed E-state index contributed by atoms with van der Waals surface area (Å²) in [5.74, 6) is -2.01. The van der Waals surface area contributed by atoms with E-state index in [2.05, 4.69) is 10.4 Å². The third-order valence-electron chi connectivity index (χ3n) is 4.84. The number of carbonyl (C=O) groups is 2. The molecule has 0 spiro atoms. The predicted molar refractivity (Wildman–Crippen MR) is 75.1 cm³/mol. The number of fused-ring (bicyclic) bond motifs is 2. The molecule has 2 aliphatic carbocycles. The lowest BCUT2D eigenvalue weighted by molar-refractivity contribution is -0.147. The molecule has 112 valence electrons. The Morgan fingerprint density at radius 1 is 1.38 bits per heavy atom. The number of carboxylic acids is 1. The largest absolute Gasteiger partial charge is 0.481 e. The van der Waals surface area contributed by atoms with Gasteiger partial charge in [-0.3, -0.25) is 14.3 Å². The van der Waals surface area contributed by atoms with Crippen LogP contribution in [0.3, 0.4) is 0 Å². The summed E-state index contributed by atoms with van der Waals surface area (Å²) >= 11 is 0. The topological polar surface area (TPSA) is 84.2 Å². The maximum atomic E-state index is 12.4. The van der Waals surface area contributed by atoms with Gasteiger partial charge in [0, 0.05) is 24.8 Å². The number of carbonyl (C=O) groups excluding carboxylic acids is 1. The fraction of sp³-hybridized carbons (Fsp3) is 0.533. The van der Waals surface area contributed by atoms with Crippen LogP contribution in [0.1, 0.15) is 17.7 Å². The Hall–Kier alpha value is -2.11. The summed E-state index contributed by atoms with van der Waals surface area (Å²) in [4.78, 5) is 23.8. The standard InChI is InChI=1S/C15H19N3O3/c1-8-11(7-17-18(8)2)6-16-14(19)12-9-3-4-10(5-9)13(12)15(20)21/h3-4,7,9-10,12-13H,5-6H2,1-2H3,(H,16,19)(H,20,21)/t9-,10-,12-,13+/m0/s1. The fourth-order valence-electron chi connectivity index (χ4n) is 3.53. The summed E-state index contributed by atoms with van der Waals surface area (Å²) in [5.41, 5.74) is 1.95. The van der Waals surface area contributed by atoms with Gasteiger partial charge < -0.3 is 10.4 Å². The highest BCUT2D eigenvalue weighted by Gasteiger charge is 2.51. The van der Waals surface area contributed by atoms with Crippen molar-refractivity contribution in [3.8, 4) is 0 Å². The molecule has 0 saturated heterocycles. The fourth-order valence-corrected chi connectivity index (χ4v) is 3.53. The number of aliphatic carboxylic acids is 1. The first-order valence-electron chi connectivity index (χ1n) is 7.15. The van der Waals surface area contributed by atoms with Crippen molar-refractivity contribution in [1.82, 2.24) is 15.1 Å². The predicted octanol–water partition coefficient (Wildman–Crippen LogP) is 0.868. The quantitative estimate of drug-likeness (QED) is 0.805. The van der Waals surface area contributed by atoms with Crippen molar-refractivity contribution in [3.63, 3.8) is 0 Å². The van der Waals surface area contributed by atoms with Gasteiger partial charge in [0.15, 0.2) is 0 Å². The molecule has 1 fully saturated rings. The average molecular weight is 289 g/mol. The van der Waals surface area contributed by atoms with E-state index in [-0.39, 0.29) is 17.7 Å². The van der Waals surface area contributed by atoms with Gasteiger partial charge >= 0.3 is 5.97 Å². The van der Waals surface area contributed by atoms with Crippen LogP contribution in [0.4, 0.5) is 0 Å². The lowest BCUT2D eigenvalue weighted by Crippen LogP contribution is -2.39. The van der Waals surface area contributed by atoms with Crippen LogP contribution in [0, 0.1) is 30.6 Å². The molecule has 0 radical (unpaired) electrons. The van der Waals surface area contributed by atoms with E-state index >= 15 is 0 Å². The van der Waals surface area contributed by atoms with E-state index in [9.17, 15) is 14.7 Å². The van der Waals surface area contributed by atoms with Crippen LogP contribution in [0.5, 0.6) is 0 Å². The normalized spacial score (nSPS) is 29.8. The Bertz CT molecular complexity index is 620. The van der Waals surface area contributed by atoms with Crippen molar-refractivity contribution in [2.24, 2.45) is 30.7 Å². The van der Waals surface area contributed by atoms with Gasteiger partial charge in [0.05, 0.1) is 18.0 Å². The molecule has 2 bridgehead atoms. The SMILES string of the molecule is Cc1c(CNC(=O)[C@@H]2[C@H](C(=O)O)[C@H]3C=C[C@H]2C3)cnn1C. The second-order valence-electron chi connectivity index (χ2n) is 5.93. The molecule has 0 unspecified atom stereocenters. The molecule has 3 rings (SSSR count). The van der Waals surface area contributed by atoms with E-state index in [1.165, 1.54) is 0 Å². The van der Waals surface area contributed by atoms with Gasteiger partial charge in [-0.05, 0) is 25.2 Å². The molecule has 4 atom stereocenters. The molecular weight excluding hydrogens is 270 g/mol. The number of hydrogen-bond acceptors (Lipinski definition) is 3. The van der Waals surface area contributed by atoms with E-state index < -0.39 is 17.8 Å². The third-order valence-corrected chi connectivity index (χ3v) is 4.84. The molecule has 0 aliphatic heterocycles. The lowest BCUT2D eigenvalue weighted by atomic mass is 9.82. The Morgan fingerprint density at radius 2 is 2.05 bits per heavy atom. The minimum Gasteiger partial charge on any atom is -0.481 e. The highest BCUT2D eigenvalue weighted by molar-refractivity contribution is 5.86. The zero-order valence-corrected chi connectivity index (χ0v) is 12.1. The summed E-state index contributed by atoms with van der Waals surface area (Å²) in [5, 5.41) is 16.4. The summed E-state index contributed by atoms with van der Waals surface area (Å²) in [6, 6.07) is 0. The van der Waals surface area contributed by atoms with E-state index in [1.807, 2.05) is 26.1 Å². The molecule has 1 heterocycles. The number of aromatic nitrogens is 2. The molecule has 2 aliphatic rings. The van der Waals surface area contributed by atoms with Crippen molar-refractivity contribution < 1.29 is 14.7 Å². The van der Waals surface area contributed by atoms with Gasteiger partial charge in [-0.1, -0.05) is 12.2 Å². The number of aryl methyl sites for hydroxylation is 1. The molecule has 1 saturated carbocycles. The zero-order valence-electron chi connectivity index (χ0n) is 12.1. The Balaban J connectivity index is 1.69. The van der Waals surface area contributed by atoms with Crippen LogP contribution >= 0.6 is 0 Å². The maximum absolute atomic E-state index is 12.4. The van der Waals surface area contributed by atoms with E-state index in [1.54, 1.807) is 10.9 Å². The highest BCUT2D eigenvalue weighted by Crippen LogP contribution is 2.48. The molecule has 1 aromatic heterocycles. The molecule has 6 heteroatoms. The van der Waals surface area contributed by atoms with Crippen molar-refractivity contribution in [1.29, 1.82) is 0 Å². The van der Waals surface area contributed by atoms with E-state index in [0.717, 1.165) is 17.7 Å². The number of carboxylic acid groups (broad SMARTS) is 1. The third kappa shape index (κ3) is 2.24. The molecule has 1 aromatic rings. The van der Waals surface area contributed by atoms with Crippen LogP contribution in [0.25, 0.3) is 0 Å². The van der Waals surface area contributed by atoms with Crippen LogP contribution in [0.2, 0.25) is 0 Å². The molecule has 2 N–H and O–H groups in total. The first kappa shape index (κ1) is 13.9. The van der Waals surface area contributed by atoms with Crippen molar-refractivity contribution in [2.75, 3.05) is 0 Å². The van der Waals surface area contributed by atoms with Gasteiger partial charge in [-0.25, -0.2) is 0 Å². The Labute approximate surface area is 122 Å². The summed E-state index contributed by atoms with van der Waals surface area (Å²) < 4.78 is 1.75. The van der Waals surface area contributed by atoms with Crippen LogP contribution in [-0.2, 0) is 23.2 Å². The number of nitrogens with one attached hydrogen (secondary N) is 1. The van der Waals surface area contributed by atoms with Gasteiger partial charge in [0.2, 0.25) is 5.91 Å². The smallest absolute Gasteiger partial charge is 0.307 e. The lowest BCUT2D eigenvalue weighted by Gasteiger charge is -2.23. The van der Waals surface area contributed by atoms with Crippen LogP contribution in [-0.4, -0.2) is 26.8 Å². The van der Waals surface area contributed by atoms with Crippen LogP contribution in [0.15, 0.2) is 18.3 Å². The number of allylic oxidation sites excluding steroid dienone is 2. The second-order valence-corrected chi connectivity index (χ2v) is 5.93. The van der Waals surface area contributed by atoms with Gasteiger partial charge in [0.25, 0.3) is 0 Å². The Morgan fingerprint density at radius 3 is 2.62 bits per heavy atom. The number of rotatable bonds is 4. The first-order valence-corrected chi connectivity index (χ1v) is 7.15. The second kappa shape index (κ2) is 5.02. The molecule has 21 heavy (non-hydrogen) atoms. The number of nitrogens with zero attached hydrogens (tertiary/aromatic N) is 2. The minimum atomic E-state index is -0.871. The molecule has 1 amide bonds. The van der Waals surface area contributed by atoms with Crippen molar-refractivity contribution >= 4 is 11.9 Å². The van der Waals surface area contributed by atoms with Gasteiger partial charge in [-0.15, -0.1) is 0 Å². The highest BCUT2D eigenvalue weighted by atomic mass is 16.4. The average Bonchev–Trinajstić information content (AvgIpc) is 3.13. The zero-order chi connectivity index (χ0) is 15.1. The minimum absolute atomic E-state index is 0.00313. The first-order chi connectivity index (χ1) is 9.99. The maximum Gasteiger partial charge on any atom is 0.307 e. The molecule has 6 nitrogen and oxygen atoms in total. The van der Waals surface area contributed by atoms with Crippen LogP contribution < -0.4 is 5.32 Å². The Kier molecular flexibility index (Phi) is 3.31. The number of hydrogen-bond donors (Lipinski definition) is 2. The van der Waals surface area contributed by atoms with Crippen molar-refractivity contribution in [2.45, 2.75) is 19.9 Å². The number of amides is 1. The van der Waals surface area contributed by atoms with Gasteiger partial charge in [-0.2, -0.15) is 5.10 Å². The van der Waals surface area contributed by atoms with E-state index in [4.69, 9.17) is 0 Å². The molecule has 0 aromatic carbocycles. The monoisotopic (exact) mass is 289 g/mol. The van der Waals surface area contributed by atoms with E-state index in [0.29, 0.717) is 6.54 Å². The van der Waals surface area contributed by atoms with Gasteiger partial charge in [0.1, 0.15) is 0 Å². The summed E-state index contributed by atoms with van der Waals surface area (Å²) in [6.07, 6.45) is 6.44.